The van der Waals surface area contributed by atoms with Gasteiger partial charge < -0.3 is 10.2 Å². The van der Waals surface area contributed by atoms with E-state index in [-0.39, 0.29) is 23.6 Å². The van der Waals surface area contributed by atoms with Crippen LogP contribution < -0.4 is 10.2 Å². The average molecular weight is 268 g/mol. The summed E-state index contributed by atoms with van der Waals surface area (Å²) in [6, 6.07) is 9.55. The minimum atomic E-state index is -2.93. The zero-order chi connectivity index (χ0) is 12.0. The van der Waals surface area contributed by atoms with Crippen molar-refractivity contribution in [3.8, 4) is 0 Å². The van der Waals surface area contributed by atoms with Crippen LogP contribution >= 0.6 is 12.2 Å². The third kappa shape index (κ3) is 1.81. The fourth-order valence-corrected chi connectivity index (χ4v) is 4.78. The maximum atomic E-state index is 11.6. The van der Waals surface area contributed by atoms with Gasteiger partial charge in [-0.25, -0.2) is 8.42 Å². The topological polar surface area (TPSA) is 49.4 Å². The monoisotopic (exact) mass is 268 g/mol. The van der Waals surface area contributed by atoms with E-state index in [0.29, 0.717) is 5.11 Å². The van der Waals surface area contributed by atoms with Gasteiger partial charge in [0.05, 0.1) is 23.6 Å². The zero-order valence-electron chi connectivity index (χ0n) is 9.04. The second-order valence-electron chi connectivity index (χ2n) is 4.41. The Balaban J connectivity index is 1.98. The molecule has 2 saturated heterocycles. The summed E-state index contributed by atoms with van der Waals surface area (Å²) in [5, 5.41) is 3.72. The van der Waals surface area contributed by atoms with Gasteiger partial charge in [0.15, 0.2) is 14.9 Å². The van der Waals surface area contributed by atoms with Crippen LogP contribution in [0.2, 0.25) is 0 Å². The van der Waals surface area contributed by atoms with Crippen molar-refractivity contribution in [2.45, 2.75) is 12.1 Å². The molecule has 3 rings (SSSR count). The Kier molecular flexibility index (Phi) is 2.38. The van der Waals surface area contributed by atoms with Crippen molar-refractivity contribution in [3.05, 3.63) is 30.3 Å². The van der Waals surface area contributed by atoms with E-state index in [1.54, 1.807) is 0 Å². The molecule has 2 heterocycles. The number of benzene rings is 1. The number of para-hydroxylation sites is 1. The second kappa shape index (κ2) is 3.68. The van der Waals surface area contributed by atoms with E-state index in [1.807, 2.05) is 35.2 Å². The molecule has 0 unspecified atom stereocenters. The molecular weight excluding hydrogens is 256 g/mol. The van der Waals surface area contributed by atoms with Crippen LogP contribution in [0.25, 0.3) is 0 Å². The first kappa shape index (κ1) is 11.0. The van der Waals surface area contributed by atoms with Crippen molar-refractivity contribution in [1.29, 1.82) is 0 Å². The summed E-state index contributed by atoms with van der Waals surface area (Å²) in [6.07, 6.45) is 0. The molecule has 0 saturated carbocycles. The van der Waals surface area contributed by atoms with Gasteiger partial charge in [-0.15, -0.1) is 0 Å². The summed E-state index contributed by atoms with van der Waals surface area (Å²) in [4.78, 5) is 1.92. The van der Waals surface area contributed by atoms with E-state index in [0.717, 1.165) is 5.69 Å². The fraction of sp³-hybridized carbons (Fsp3) is 0.364. The van der Waals surface area contributed by atoms with E-state index in [2.05, 4.69) is 5.32 Å². The molecule has 1 aromatic carbocycles. The van der Waals surface area contributed by atoms with Crippen LogP contribution in [0.15, 0.2) is 30.3 Å². The quantitative estimate of drug-likeness (QED) is 0.754. The van der Waals surface area contributed by atoms with Crippen molar-refractivity contribution in [2.75, 3.05) is 16.4 Å². The van der Waals surface area contributed by atoms with Crippen LogP contribution in [0.1, 0.15) is 0 Å². The lowest BCUT2D eigenvalue weighted by atomic mass is 10.1. The minimum absolute atomic E-state index is 0.0603. The molecule has 0 amide bonds. The summed E-state index contributed by atoms with van der Waals surface area (Å²) in [5.74, 6) is 0.362. The van der Waals surface area contributed by atoms with E-state index in [4.69, 9.17) is 12.2 Å². The first-order valence-corrected chi connectivity index (χ1v) is 7.65. The van der Waals surface area contributed by atoms with Gasteiger partial charge in [-0.3, -0.25) is 0 Å². The second-order valence-corrected chi connectivity index (χ2v) is 6.95. The minimum Gasteiger partial charge on any atom is -0.356 e. The van der Waals surface area contributed by atoms with Gasteiger partial charge in [-0.05, 0) is 24.4 Å². The number of hydrogen-bond acceptors (Lipinski definition) is 3. The third-order valence-corrected chi connectivity index (χ3v) is 5.25. The molecule has 2 aliphatic heterocycles. The molecule has 4 nitrogen and oxygen atoms in total. The summed E-state index contributed by atoms with van der Waals surface area (Å²) in [7, 11) is -2.93. The van der Waals surface area contributed by atoms with Gasteiger partial charge in [0.25, 0.3) is 0 Å². The lowest BCUT2D eigenvalue weighted by Crippen LogP contribution is -2.36. The van der Waals surface area contributed by atoms with Crippen LogP contribution in [0.3, 0.4) is 0 Å². The lowest BCUT2D eigenvalue weighted by Gasteiger charge is -2.23. The molecule has 17 heavy (non-hydrogen) atoms. The molecule has 6 heteroatoms. The lowest BCUT2D eigenvalue weighted by molar-refractivity contribution is 0.600. The maximum absolute atomic E-state index is 11.6. The largest absolute Gasteiger partial charge is 0.356 e. The fourth-order valence-electron chi connectivity index (χ4n) is 2.50. The van der Waals surface area contributed by atoms with Crippen molar-refractivity contribution in [1.82, 2.24) is 5.32 Å². The number of thiocarbonyl (C=S) groups is 1. The van der Waals surface area contributed by atoms with Crippen molar-refractivity contribution < 1.29 is 8.42 Å². The molecule has 0 spiro atoms. The molecular formula is C11H12N2O2S2. The number of nitrogens with zero attached hydrogens (tertiary/aromatic N) is 1. The molecule has 1 N–H and O–H groups in total. The molecule has 1 aromatic rings. The van der Waals surface area contributed by atoms with Gasteiger partial charge in [-0.2, -0.15) is 0 Å². The van der Waals surface area contributed by atoms with Crippen molar-refractivity contribution >= 4 is 32.9 Å². The third-order valence-electron chi connectivity index (χ3n) is 3.22. The Morgan fingerprint density at radius 3 is 2.65 bits per heavy atom. The molecule has 2 fully saturated rings. The Morgan fingerprint density at radius 1 is 1.24 bits per heavy atom. The Labute approximate surface area is 106 Å². The highest BCUT2D eigenvalue weighted by molar-refractivity contribution is 7.91. The predicted octanol–water partition coefficient (Wildman–Crippen LogP) is 0.547. The Bertz CT molecular complexity index is 556. The van der Waals surface area contributed by atoms with Crippen molar-refractivity contribution in [3.63, 3.8) is 0 Å². The molecule has 2 atom stereocenters. The Hall–Kier alpha value is -1.14. The normalized spacial score (nSPS) is 30.1. The predicted molar refractivity (Wildman–Crippen MR) is 70.9 cm³/mol. The van der Waals surface area contributed by atoms with Crippen LogP contribution in [0, 0.1) is 0 Å². The van der Waals surface area contributed by atoms with Crippen LogP contribution in [0.4, 0.5) is 5.69 Å². The molecule has 0 radical (unpaired) electrons. The number of hydrogen-bond donors (Lipinski definition) is 1. The smallest absolute Gasteiger partial charge is 0.174 e. The number of sulfone groups is 1. The highest BCUT2D eigenvalue weighted by atomic mass is 32.2. The number of rotatable bonds is 1. The van der Waals surface area contributed by atoms with Crippen LogP contribution in [0.5, 0.6) is 0 Å². The molecule has 0 aromatic heterocycles. The van der Waals surface area contributed by atoms with Gasteiger partial charge in [0, 0.05) is 5.69 Å². The van der Waals surface area contributed by atoms with Gasteiger partial charge in [-0.1, -0.05) is 18.2 Å². The SMILES string of the molecule is O=S1(=O)C[C@@H]2NC(=S)N(c3ccccc3)[C@H]2C1. The average Bonchev–Trinajstić information content (AvgIpc) is 2.69. The number of anilines is 1. The van der Waals surface area contributed by atoms with Gasteiger partial charge in [0.1, 0.15) is 0 Å². The molecule has 90 valence electrons. The van der Waals surface area contributed by atoms with Crippen LogP contribution in [-0.2, 0) is 9.84 Å². The Morgan fingerprint density at radius 2 is 1.94 bits per heavy atom. The van der Waals surface area contributed by atoms with Gasteiger partial charge in [0.2, 0.25) is 0 Å². The van der Waals surface area contributed by atoms with Crippen LogP contribution in [-0.4, -0.2) is 37.1 Å². The highest BCUT2D eigenvalue weighted by Gasteiger charge is 2.47. The summed E-state index contributed by atoms with van der Waals surface area (Å²) >= 11 is 5.27. The number of nitrogens with one attached hydrogen (secondary N) is 1. The van der Waals surface area contributed by atoms with Crippen molar-refractivity contribution in [2.24, 2.45) is 0 Å². The van der Waals surface area contributed by atoms with E-state index >= 15 is 0 Å². The highest BCUT2D eigenvalue weighted by Crippen LogP contribution is 2.29. The molecule has 0 aliphatic carbocycles. The summed E-state index contributed by atoms with van der Waals surface area (Å²) < 4.78 is 23.2. The summed E-state index contributed by atoms with van der Waals surface area (Å²) in [6.45, 7) is 0. The van der Waals surface area contributed by atoms with E-state index < -0.39 is 9.84 Å². The molecule has 0 bridgehead atoms. The van der Waals surface area contributed by atoms with E-state index in [1.165, 1.54) is 0 Å². The first-order valence-electron chi connectivity index (χ1n) is 5.42. The molecule has 2 aliphatic rings. The first-order chi connectivity index (χ1) is 8.07. The van der Waals surface area contributed by atoms with E-state index in [9.17, 15) is 8.42 Å². The summed E-state index contributed by atoms with van der Waals surface area (Å²) in [5.41, 5.74) is 0.953. The maximum Gasteiger partial charge on any atom is 0.174 e. The zero-order valence-corrected chi connectivity index (χ0v) is 10.7. The van der Waals surface area contributed by atoms with Gasteiger partial charge >= 0.3 is 0 Å². The number of fused-ring (bicyclic) bond motifs is 1. The standard InChI is InChI=1S/C11H12N2O2S2/c14-17(15)6-9-10(7-17)13(11(16)12-9)8-4-2-1-3-5-8/h1-5,9-10H,6-7H2,(H,12,16)/t9-,10-/m0/s1.